The van der Waals surface area contributed by atoms with Crippen LogP contribution in [0.3, 0.4) is 0 Å². The Morgan fingerprint density at radius 3 is 2.78 bits per heavy atom. The van der Waals surface area contributed by atoms with Crippen molar-refractivity contribution in [2.45, 2.75) is 37.7 Å². The SMILES string of the molecule is O=C(O)C1(c2ccc3c(c2)COCO3)CCCC1. The summed E-state index contributed by atoms with van der Waals surface area (Å²) in [7, 11) is 0. The fourth-order valence-corrected chi connectivity index (χ4v) is 2.99. The highest BCUT2D eigenvalue weighted by molar-refractivity contribution is 5.82. The van der Waals surface area contributed by atoms with Gasteiger partial charge < -0.3 is 14.6 Å². The summed E-state index contributed by atoms with van der Waals surface area (Å²) in [6.45, 7) is 0.773. The number of ether oxygens (including phenoxy) is 2. The zero-order valence-electron chi connectivity index (χ0n) is 10.1. The molecule has 1 aromatic rings. The Bertz CT molecular complexity index is 475. The number of aliphatic carboxylic acids is 1. The molecule has 4 heteroatoms. The fourth-order valence-electron chi connectivity index (χ4n) is 2.99. The van der Waals surface area contributed by atoms with E-state index in [4.69, 9.17) is 9.47 Å². The van der Waals surface area contributed by atoms with Gasteiger partial charge in [0.15, 0.2) is 6.79 Å². The molecule has 0 saturated heterocycles. The Hall–Kier alpha value is -1.55. The highest BCUT2D eigenvalue weighted by Gasteiger charge is 2.43. The normalized spacial score (nSPS) is 21.1. The molecular formula is C14H16O4. The maximum absolute atomic E-state index is 11.6. The van der Waals surface area contributed by atoms with Crippen molar-refractivity contribution in [3.63, 3.8) is 0 Å². The van der Waals surface area contributed by atoms with Crippen LogP contribution in [0.15, 0.2) is 18.2 Å². The number of benzene rings is 1. The number of fused-ring (bicyclic) bond motifs is 1. The predicted octanol–water partition coefficient (Wildman–Crippen LogP) is 2.45. The van der Waals surface area contributed by atoms with E-state index < -0.39 is 11.4 Å². The first-order valence-corrected chi connectivity index (χ1v) is 6.30. The maximum Gasteiger partial charge on any atom is 0.314 e. The van der Waals surface area contributed by atoms with E-state index in [1.165, 1.54) is 0 Å². The average Bonchev–Trinajstić information content (AvgIpc) is 2.89. The number of rotatable bonds is 2. The second-order valence-electron chi connectivity index (χ2n) is 5.03. The molecule has 1 aliphatic carbocycles. The summed E-state index contributed by atoms with van der Waals surface area (Å²) in [5.41, 5.74) is 1.14. The lowest BCUT2D eigenvalue weighted by Crippen LogP contribution is -2.32. The molecule has 4 nitrogen and oxygen atoms in total. The van der Waals surface area contributed by atoms with E-state index >= 15 is 0 Å². The lowest BCUT2D eigenvalue weighted by molar-refractivity contribution is -0.143. The minimum atomic E-state index is -0.711. The third-order valence-corrected chi connectivity index (χ3v) is 4.03. The first-order valence-electron chi connectivity index (χ1n) is 6.30. The molecule has 0 aromatic heterocycles. The number of carboxylic acids is 1. The molecule has 3 rings (SSSR count). The molecule has 2 aliphatic rings. The van der Waals surface area contributed by atoms with Gasteiger partial charge in [0, 0.05) is 5.56 Å². The fraction of sp³-hybridized carbons (Fsp3) is 0.500. The van der Waals surface area contributed by atoms with Gasteiger partial charge >= 0.3 is 5.97 Å². The van der Waals surface area contributed by atoms with Crippen molar-refractivity contribution in [3.8, 4) is 5.75 Å². The largest absolute Gasteiger partial charge is 0.481 e. The van der Waals surface area contributed by atoms with Crippen LogP contribution >= 0.6 is 0 Å². The van der Waals surface area contributed by atoms with E-state index in [2.05, 4.69) is 0 Å². The van der Waals surface area contributed by atoms with Crippen molar-refractivity contribution in [3.05, 3.63) is 29.3 Å². The van der Waals surface area contributed by atoms with E-state index in [9.17, 15) is 9.90 Å². The number of hydrogen-bond acceptors (Lipinski definition) is 3. The summed E-state index contributed by atoms with van der Waals surface area (Å²) in [6, 6.07) is 5.70. The minimum absolute atomic E-state index is 0.274. The van der Waals surface area contributed by atoms with Gasteiger partial charge in [-0.1, -0.05) is 18.9 Å². The topological polar surface area (TPSA) is 55.8 Å². The molecule has 0 bridgehead atoms. The van der Waals surface area contributed by atoms with Gasteiger partial charge in [-0.2, -0.15) is 0 Å². The van der Waals surface area contributed by atoms with Crippen molar-refractivity contribution in [2.24, 2.45) is 0 Å². The third-order valence-electron chi connectivity index (χ3n) is 4.03. The van der Waals surface area contributed by atoms with Crippen LogP contribution in [0, 0.1) is 0 Å². The van der Waals surface area contributed by atoms with E-state index in [-0.39, 0.29) is 6.79 Å². The average molecular weight is 248 g/mol. The maximum atomic E-state index is 11.6. The van der Waals surface area contributed by atoms with Crippen molar-refractivity contribution >= 4 is 5.97 Å². The van der Waals surface area contributed by atoms with Gasteiger partial charge in [-0.25, -0.2) is 0 Å². The lowest BCUT2D eigenvalue weighted by atomic mass is 9.78. The Labute approximate surface area is 106 Å². The van der Waals surface area contributed by atoms with E-state index in [1.807, 2.05) is 18.2 Å². The summed E-state index contributed by atoms with van der Waals surface area (Å²) in [6.07, 6.45) is 3.42. The Morgan fingerprint density at radius 1 is 1.28 bits per heavy atom. The van der Waals surface area contributed by atoms with Gasteiger partial charge in [-0.15, -0.1) is 0 Å². The van der Waals surface area contributed by atoms with Gasteiger partial charge in [0.25, 0.3) is 0 Å². The van der Waals surface area contributed by atoms with Gasteiger partial charge in [0.1, 0.15) is 5.75 Å². The minimum Gasteiger partial charge on any atom is -0.481 e. The number of carbonyl (C=O) groups is 1. The quantitative estimate of drug-likeness (QED) is 0.873. The molecule has 0 atom stereocenters. The highest BCUT2D eigenvalue weighted by Crippen LogP contribution is 2.42. The second-order valence-corrected chi connectivity index (χ2v) is 5.03. The van der Waals surface area contributed by atoms with Crippen molar-refractivity contribution in [1.29, 1.82) is 0 Å². The summed E-state index contributed by atoms with van der Waals surface area (Å²) < 4.78 is 10.6. The van der Waals surface area contributed by atoms with Crippen LogP contribution in [-0.2, 0) is 21.6 Å². The molecule has 1 saturated carbocycles. The number of carboxylic acid groups (broad SMARTS) is 1. The van der Waals surface area contributed by atoms with Crippen LogP contribution < -0.4 is 4.74 Å². The van der Waals surface area contributed by atoms with Gasteiger partial charge in [0.05, 0.1) is 12.0 Å². The van der Waals surface area contributed by atoms with Crippen molar-refractivity contribution in [1.82, 2.24) is 0 Å². The summed E-state index contributed by atoms with van der Waals surface area (Å²) in [5, 5.41) is 9.56. The van der Waals surface area contributed by atoms with E-state index in [0.717, 1.165) is 42.6 Å². The lowest BCUT2D eigenvalue weighted by Gasteiger charge is -2.26. The van der Waals surface area contributed by atoms with Gasteiger partial charge in [-0.3, -0.25) is 4.79 Å². The smallest absolute Gasteiger partial charge is 0.314 e. The Morgan fingerprint density at radius 2 is 2.06 bits per heavy atom. The Kier molecular flexibility index (Phi) is 2.74. The molecular weight excluding hydrogens is 232 g/mol. The molecule has 0 amide bonds. The van der Waals surface area contributed by atoms with E-state index in [1.54, 1.807) is 0 Å². The molecule has 1 fully saturated rings. The predicted molar refractivity (Wildman–Crippen MR) is 64.5 cm³/mol. The zero-order valence-corrected chi connectivity index (χ0v) is 10.1. The molecule has 18 heavy (non-hydrogen) atoms. The molecule has 0 unspecified atom stereocenters. The summed E-state index contributed by atoms with van der Waals surface area (Å²) in [5.74, 6) is 0.0983. The van der Waals surface area contributed by atoms with Gasteiger partial charge in [-0.05, 0) is 30.5 Å². The first kappa shape index (κ1) is 11.5. The standard InChI is InChI=1S/C14H16O4/c15-13(16)14(5-1-2-6-14)11-3-4-12-10(7-11)8-17-9-18-12/h3-4,7H,1-2,5-6,8-9H2,(H,15,16). The van der Waals surface area contributed by atoms with Crippen LogP contribution in [0.2, 0.25) is 0 Å². The summed E-state index contributed by atoms with van der Waals surface area (Å²) >= 11 is 0. The molecule has 1 heterocycles. The number of hydrogen-bond donors (Lipinski definition) is 1. The summed E-state index contributed by atoms with van der Waals surface area (Å²) in [4.78, 5) is 11.6. The van der Waals surface area contributed by atoms with Crippen LogP contribution in [0.5, 0.6) is 5.75 Å². The zero-order chi connectivity index (χ0) is 12.6. The molecule has 0 spiro atoms. The molecule has 96 valence electrons. The molecule has 1 aliphatic heterocycles. The molecule has 0 radical (unpaired) electrons. The highest BCUT2D eigenvalue weighted by atomic mass is 16.7. The first-order chi connectivity index (χ1) is 8.72. The van der Waals surface area contributed by atoms with Crippen molar-refractivity contribution in [2.75, 3.05) is 6.79 Å². The van der Waals surface area contributed by atoms with Crippen molar-refractivity contribution < 1.29 is 19.4 Å². The Balaban J connectivity index is 2.02. The van der Waals surface area contributed by atoms with Crippen LogP contribution in [0.25, 0.3) is 0 Å². The third kappa shape index (κ3) is 1.68. The molecule has 1 aromatic carbocycles. The van der Waals surface area contributed by atoms with Gasteiger partial charge in [0.2, 0.25) is 0 Å². The van der Waals surface area contributed by atoms with E-state index in [0.29, 0.717) is 6.61 Å². The molecule has 1 N–H and O–H groups in total. The van der Waals surface area contributed by atoms with Crippen LogP contribution in [-0.4, -0.2) is 17.9 Å². The second kappa shape index (κ2) is 4.28. The van der Waals surface area contributed by atoms with Crippen LogP contribution in [0.1, 0.15) is 36.8 Å². The van der Waals surface area contributed by atoms with Crippen LogP contribution in [0.4, 0.5) is 0 Å². The monoisotopic (exact) mass is 248 g/mol.